The van der Waals surface area contributed by atoms with Crippen molar-refractivity contribution >= 4 is 0 Å². The van der Waals surface area contributed by atoms with Gasteiger partial charge in [0.15, 0.2) is 0 Å². The van der Waals surface area contributed by atoms with E-state index in [2.05, 4.69) is 0 Å². The molecule has 0 spiro atoms. The molecule has 100 valence electrons. The molecule has 18 heavy (non-hydrogen) atoms. The van der Waals surface area contributed by atoms with Gasteiger partial charge in [-0.1, -0.05) is 12.1 Å². The minimum atomic E-state index is -4.45. The Balaban J connectivity index is 2.12. The van der Waals surface area contributed by atoms with Crippen molar-refractivity contribution in [2.75, 3.05) is 0 Å². The third-order valence-corrected chi connectivity index (χ3v) is 3.22. The molecule has 1 saturated carbocycles. The van der Waals surface area contributed by atoms with E-state index in [1.54, 1.807) is 0 Å². The predicted molar refractivity (Wildman–Crippen MR) is 56.2 cm³/mol. The van der Waals surface area contributed by atoms with E-state index in [-0.39, 0.29) is 18.4 Å². The monoisotopic (exact) mass is 265 g/mol. The van der Waals surface area contributed by atoms with Crippen LogP contribution in [0.5, 0.6) is 0 Å². The summed E-state index contributed by atoms with van der Waals surface area (Å²) in [6.45, 7) is 0. The Morgan fingerprint density at radius 1 is 1.00 bits per heavy atom. The molecule has 1 aromatic rings. The highest BCUT2D eigenvalue weighted by Gasteiger charge is 2.58. The molecule has 1 nitrogen and oxygen atoms in total. The molecule has 0 saturated heterocycles. The number of hydrogen-bond donors (Lipinski definition) is 1. The maximum atomic E-state index is 13.7. The first-order valence-corrected chi connectivity index (χ1v) is 5.47. The number of nitrogens with two attached hydrogens (primary N) is 1. The maximum Gasteiger partial charge on any atom is 0.416 e. The summed E-state index contributed by atoms with van der Waals surface area (Å²) in [5.74, 6) is -3.08. The summed E-state index contributed by atoms with van der Waals surface area (Å²) in [7, 11) is 0. The molecule has 6 heteroatoms. The van der Waals surface area contributed by atoms with E-state index in [0.717, 1.165) is 24.3 Å². The van der Waals surface area contributed by atoms with Crippen LogP contribution in [-0.2, 0) is 12.6 Å². The van der Waals surface area contributed by atoms with Gasteiger partial charge in [0, 0.05) is 6.42 Å². The molecule has 0 atom stereocenters. The molecule has 1 aliphatic rings. The Kier molecular flexibility index (Phi) is 2.88. The largest absolute Gasteiger partial charge is 0.416 e. The van der Waals surface area contributed by atoms with E-state index in [0.29, 0.717) is 0 Å². The van der Waals surface area contributed by atoms with Crippen LogP contribution in [0.25, 0.3) is 0 Å². The van der Waals surface area contributed by atoms with E-state index in [9.17, 15) is 22.0 Å². The van der Waals surface area contributed by atoms with Crippen LogP contribution in [0.3, 0.4) is 0 Å². The zero-order chi connectivity index (χ0) is 13.6. The van der Waals surface area contributed by atoms with Crippen LogP contribution >= 0.6 is 0 Å². The minimum Gasteiger partial charge on any atom is -0.320 e. The lowest BCUT2D eigenvalue weighted by atomic mass is 9.99. The van der Waals surface area contributed by atoms with E-state index in [4.69, 9.17) is 5.73 Å². The summed E-state index contributed by atoms with van der Waals surface area (Å²) in [5, 5.41) is 0. The molecule has 0 unspecified atom stereocenters. The molecule has 0 heterocycles. The van der Waals surface area contributed by atoms with Crippen LogP contribution in [0.4, 0.5) is 22.0 Å². The van der Waals surface area contributed by atoms with E-state index < -0.39 is 29.6 Å². The van der Waals surface area contributed by atoms with Crippen LogP contribution < -0.4 is 5.73 Å². The van der Waals surface area contributed by atoms with Gasteiger partial charge in [-0.15, -0.1) is 0 Å². The van der Waals surface area contributed by atoms with E-state index in [1.807, 2.05) is 0 Å². The third kappa shape index (κ3) is 2.48. The lowest BCUT2D eigenvalue weighted by Crippen LogP contribution is -2.45. The summed E-state index contributed by atoms with van der Waals surface area (Å²) in [5.41, 5.74) is 3.28. The lowest BCUT2D eigenvalue weighted by molar-refractivity contribution is -0.137. The zero-order valence-corrected chi connectivity index (χ0v) is 9.40. The number of hydrogen-bond acceptors (Lipinski definition) is 1. The second-order valence-electron chi connectivity index (χ2n) is 4.73. The van der Waals surface area contributed by atoms with E-state index in [1.165, 1.54) is 0 Å². The topological polar surface area (TPSA) is 26.0 Å². The number of benzene rings is 1. The molecule has 2 N–H and O–H groups in total. The molecule has 0 aromatic heterocycles. The molecule has 0 radical (unpaired) electrons. The number of halogens is 5. The standard InChI is InChI=1S/C12H12F5N/c13-11(14,10(18)5-6-10)7-8-1-3-9(4-2-8)12(15,16)17/h1-4H,5-7,18H2. The van der Waals surface area contributed by atoms with Gasteiger partial charge in [-0.25, -0.2) is 8.78 Å². The van der Waals surface area contributed by atoms with Gasteiger partial charge in [0.2, 0.25) is 0 Å². The van der Waals surface area contributed by atoms with Crippen molar-refractivity contribution in [1.29, 1.82) is 0 Å². The average molecular weight is 265 g/mol. The van der Waals surface area contributed by atoms with Crippen LogP contribution in [0.15, 0.2) is 24.3 Å². The fourth-order valence-electron chi connectivity index (χ4n) is 1.74. The Labute approximate surface area is 101 Å². The highest BCUT2D eigenvalue weighted by Crippen LogP contribution is 2.47. The van der Waals surface area contributed by atoms with Gasteiger partial charge in [-0.05, 0) is 30.5 Å². The Bertz CT molecular complexity index is 431. The second-order valence-corrected chi connectivity index (χ2v) is 4.73. The molecule has 1 aromatic carbocycles. The van der Waals surface area contributed by atoms with Crippen molar-refractivity contribution in [1.82, 2.24) is 0 Å². The maximum absolute atomic E-state index is 13.7. The van der Waals surface area contributed by atoms with Crippen LogP contribution in [0.2, 0.25) is 0 Å². The highest BCUT2D eigenvalue weighted by atomic mass is 19.4. The lowest BCUT2D eigenvalue weighted by Gasteiger charge is -2.23. The molecule has 0 bridgehead atoms. The van der Waals surface area contributed by atoms with Crippen LogP contribution in [0, 0.1) is 0 Å². The van der Waals surface area contributed by atoms with Crippen molar-refractivity contribution in [3.05, 3.63) is 35.4 Å². The summed E-state index contributed by atoms with van der Waals surface area (Å²) in [6, 6.07) is 3.76. The van der Waals surface area contributed by atoms with Gasteiger partial charge in [0.05, 0.1) is 11.1 Å². The van der Waals surface area contributed by atoms with Gasteiger partial charge < -0.3 is 5.73 Å². The number of alkyl halides is 5. The molecular weight excluding hydrogens is 253 g/mol. The quantitative estimate of drug-likeness (QED) is 0.833. The molecule has 0 amide bonds. The van der Waals surface area contributed by atoms with Gasteiger partial charge in [-0.2, -0.15) is 13.2 Å². The van der Waals surface area contributed by atoms with Crippen molar-refractivity contribution in [2.24, 2.45) is 5.73 Å². The van der Waals surface area contributed by atoms with Gasteiger partial charge in [-0.3, -0.25) is 0 Å². The summed E-state index contributed by atoms with van der Waals surface area (Å²) < 4.78 is 64.2. The number of rotatable bonds is 3. The Hall–Kier alpha value is -1.17. The fraction of sp³-hybridized carbons (Fsp3) is 0.500. The molecule has 1 fully saturated rings. The van der Waals surface area contributed by atoms with Gasteiger partial charge >= 0.3 is 6.18 Å². The third-order valence-electron chi connectivity index (χ3n) is 3.22. The molecule has 1 aliphatic carbocycles. The van der Waals surface area contributed by atoms with Gasteiger partial charge in [0.1, 0.15) is 0 Å². The minimum absolute atomic E-state index is 0.157. The summed E-state index contributed by atoms with van der Waals surface area (Å²) in [4.78, 5) is 0. The molecule has 2 rings (SSSR count). The first-order chi connectivity index (χ1) is 8.14. The Morgan fingerprint density at radius 3 is 1.89 bits per heavy atom. The molecular formula is C12H12F5N. The SMILES string of the molecule is NC1(C(F)(F)Cc2ccc(C(F)(F)F)cc2)CC1. The van der Waals surface area contributed by atoms with Crippen molar-refractivity contribution in [2.45, 2.75) is 36.9 Å². The van der Waals surface area contributed by atoms with Crippen molar-refractivity contribution < 1.29 is 22.0 Å². The predicted octanol–water partition coefficient (Wildman–Crippen LogP) is 3.37. The smallest absolute Gasteiger partial charge is 0.320 e. The van der Waals surface area contributed by atoms with Gasteiger partial charge in [0.25, 0.3) is 5.92 Å². The highest BCUT2D eigenvalue weighted by molar-refractivity contribution is 5.27. The van der Waals surface area contributed by atoms with Crippen molar-refractivity contribution in [3.63, 3.8) is 0 Å². The normalized spacial score (nSPS) is 18.8. The van der Waals surface area contributed by atoms with Crippen molar-refractivity contribution in [3.8, 4) is 0 Å². The van der Waals surface area contributed by atoms with Crippen LogP contribution in [-0.4, -0.2) is 11.5 Å². The Morgan fingerprint density at radius 2 is 1.50 bits per heavy atom. The fourth-order valence-corrected chi connectivity index (χ4v) is 1.74. The second kappa shape index (κ2) is 3.91. The van der Waals surface area contributed by atoms with Crippen LogP contribution in [0.1, 0.15) is 24.0 Å². The summed E-state index contributed by atoms with van der Waals surface area (Å²) >= 11 is 0. The zero-order valence-electron chi connectivity index (χ0n) is 9.40. The average Bonchev–Trinajstić information content (AvgIpc) is 2.97. The first kappa shape index (κ1) is 13.3. The summed E-state index contributed by atoms with van der Waals surface area (Å²) in [6.07, 6.45) is -4.57. The van der Waals surface area contributed by atoms with E-state index >= 15 is 0 Å². The first-order valence-electron chi connectivity index (χ1n) is 5.47. The molecule has 0 aliphatic heterocycles.